The number of benzene rings is 1. The average Bonchev–Trinajstić information content (AvgIpc) is 3.00. The predicted octanol–water partition coefficient (Wildman–Crippen LogP) is 1.14. The van der Waals surface area contributed by atoms with Gasteiger partial charge in [0.15, 0.2) is 6.54 Å². The molecule has 0 aliphatic heterocycles. The third-order valence-electron chi connectivity index (χ3n) is 3.11. The standard InChI is InChI=1S/C16H19ClN2O3/c1-19(8-10-22-14-6-4-13(17)5-7-14)12-16(20)18-11-15-3-2-9-21-15/h2-7,9H,8,10-12H2,1H3,(H,18,20)/p+1. The van der Waals surface area contributed by atoms with Crippen LogP contribution in [0.2, 0.25) is 5.02 Å². The molecule has 1 heterocycles. The summed E-state index contributed by atoms with van der Waals surface area (Å²) < 4.78 is 10.8. The summed E-state index contributed by atoms with van der Waals surface area (Å²) in [5, 5.41) is 3.50. The second-order valence-corrected chi connectivity index (χ2v) is 5.48. The van der Waals surface area contributed by atoms with Crippen molar-refractivity contribution in [3.05, 3.63) is 53.4 Å². The van der Waals surface area contributed by atoms with Crippen LogP contribution in [0, 0.1) is 0 Å². The minimum absolute atomic E-state index is 0.0135. The van der Waals surface area contributed by atoms with Gasteiger partial charge in [-0.25, -0.2) is 0 Å². The van der Waals surface area contributed by atoms with Crippen LogP contribution < -0.4 is 15.0 Å². The molecule has 6 heteroatoms. The second-order valence-electron chi connectivity index (χ2n) is 5.04. The van der Waals surface area contributed by atoms with Gasteiger partial charge in [-0.2, -0.15) is 0 Å². The number of quaternary nitrogens is 1. The highest BCUT2D eigenvalue weighted by molar-refractivity contribution is 6.30. The third-order valence-corrected chi connectivity index (χ3v) is 3.37. The molecule has 2 N–H and O–H groups in total. The van der Waals surface area contributed by atoms with Crippen LogP contribution in [0.4, 0.5) is 0 Å². The SMILES string of the molecule is C[NH+](CCOc1ccc(Cl)cc1)CC(=O)NCc1ccco1. The largest absolute Gasteiger partial charge is 0.488 e. The Balaban J connectivity index is 1.61. The highest BCUT2D eigenvalue weighted by Gasteiger charge is 2.10. The van der Waals surface area contributed by atoms with Crippen LogP contribution >= 0.6 is 11.6 Å². The summed E-state index contributed by atoms with van der Waals surface area (Å²) in [7, 11) is 1.96. The average molecular weight is 324 g/mol. The minimum Gasteiger partial charge on any atom is -0.488 e. The molecule has 2 aromatic rings. The molecule has 1 atom stereocenters. The summed E-state index contributed by atoms with van der Waals surface area (Å²) in [5.41, 5.74) is 0. The monoisotopic (exact) mass is 323 g/mol. The Hall–Kier alpha value is -1.98. The molecule has 1 amide bonds. The van der Waals surface area contributed by atoms with Crippen LogP contribution in [0.1, 0.15) is 5.76 Å². The molecule has 22 heavy (non-hydrogen) atoms. The molecule has 0 aliphatic carbocycles. The van der Waals surface area contributed by atoms with Gasteiger partial charge in [0, 0.05) is 5.02 Å². The second kappa shape index (κ2) is 8.46. The van der Waals surface area contributed by atoms with Gasteiger partial charge in [-0.15, -0.1) is 0 Å². The smallest absolute Gasteiger partial charge is 0.275 e. The first-order valence-corrected chi connectivity index (χ1v) is 7.50. The van der Waals surface area contributed by atoms with Crippen molar-refractivity contribution in [2.24, 2.45) is 0 Å². The quantitative estimate of drug-likeness (QED) is 0.766. The van der Waals surface area contributed by atoms with Crippen molar-refractivity contribution in [2.75, 3.05) is 26.7 Å². The van der Waals surface area contributed by atoms with E-state index in [4.69, 9.17) is 20.8 Å². The van der Waals surface area contributed by atoms with E-state index < -0.39 is 0 Å². The molecule has 0 radical (unpaired) electrons. The molecule has 118 valence electrons. The van der Waals surface area contributed by atoms with Crippen molar-refractivity contribution in [2.45, 2.75) is 6.54 Å². The molecular weight excluding hydrogens is 304 g/mol. The predicted molar refractivity (Wildman–Crippen MR) is 84.1 cm³/mol. The molecule has 0 fully saturated rings. The van der Waals surface area contributed by atoms with E-state index in [9.17, 15) is 4.79 Å². The van der Waals surface area contributed by atoms with E-state index in [0.717, 1.165) is 23.0 Å². The number of amides is 1. The number of halogens is 1. The fraction of sp³-hybridized carbons (Fsp3) is 0.312. The molecule has 5 nitrogen and oxygen atoms in total. The van der Waals surface area contributed by atoms with E-state index in [1.54, 1.807) is 24.5 Å². The van der Waals surface area contributed by atoms with Crippen LogP contribution in [0.3, 0.4) is 0 Å². The Morgan fingerprint density at radius 1 is 1.32 bits per heavy atom. The summed E-state index contributed by atoms with van der Waals surface area (Å²) >= 11 is 5.81. The van der Waals surface area contributed by atoms with Crippen LogP contribution in [0.15, 0.2) is 47.1 Å². The topological polar surface area (TPSA) is 55.9 Å². The van der Waals surface area contributed by atoms with Crippen molar-refractivity contribution in [1.29, 1.82) is 0 Å². The Bertz CT molecular complexity index is 570. The van der Waals surface area contributed by atoms with Gasteiger partial charge in [-0.3, -0.25) is 4.79 Å². The summed E-state index contributed by atoms with van der Waals surface area (Å²) in [5.74, 6) is 1.51. The molecule has 0 bridgehead atoms. The van der Waals surface area contributed by atoms with Gasteiger partial charge in [-0.1, -0.05) is 11.6 Å². The zero-order valence-electron chi connectivity index (χ0n) is 12.5. The lowest BCUT2D eigenvalue weighted by Crippen LogP contribution is -3.10. The molecule has 0 saturated carbocycles. The lowest BCUT2D eigenvalue weighted by atomic mass is 10.3. The molecule has 0 aliphatic rings. The van der Waals surface area contributed by atoms with Gasteiger partial charge < -0.3 is 19.4 Å². The van der Waals surface area contributed by atoms with Gasteiger partial charge in [0.1, 0.15) is 24.7 Å². The molecule has 1 unspecified atom stereocenters. The summed E-state index contributed by atoms with van der Waals surface area (Å²) in [6, 6.07) is 10.9. The zero-order chi connectivity index (χ0) is 15.8. The Morgan fingerprint density at radius 3 is 2.77 bits per heavy atom. The minimum atomic E-state index is -0.0135. The number of nitrogens with one attached hydrogen (secondary N) is 2. The first-order chi connectivity index (χ1) is 10.6. The van der Waals surface area contributed by atoms with Crippen LogP contribution in [-0.4, -0.2) is 32.7 Å². The number of furan rings is 1. The lowest BCUT2D eigenvalue weighted by Gasteiger charge is -2.14. The number of carbonyl (C=O) groups is 1. The number of rotatable bonds is 8. The number of hydrogen-bond acceptors (Lipinski definition) is 3. The van der Waals surface area contributed by atoms with Gasteiger partial charge in [-0.05, 0) is 36.4 Å². The number of carbonyl (C=O) groups excluding carboxylic acids is 1. The van der Waals surface area contributed by atoms with Crippen LogP contribution in [0.25, 0.3) is 0 Å². The molecular formula is C16H20ClN2O3+. The Morgan fingerprint density at radius 2 is 2.09 bits per heavy atom. The van der Waals surface area contributed by atoms with E-state index >= 15 is 0 Å². The van der Waals surface area contributed by atoms with E-state index in [1.165, 1.54) is 0 Å². The number of ether oxygens (including phenoxy) is 1. The molecule has 1 aromatic carbocycles. The maximum Gasteiger partial charge on any atom is 0.275 e. The summed E-state index contributed by atoms with van der Waals surface area (Å²) in [6.45, 7) is 2.08. The zero-order valence-corrected chi connectivity index (χ0v) is 13.2. The van der Waals surface area contributed by atoms with Crippen molar-refractivity contribution >= 4 is 17.5 Å². The first kappa shape index (κ1) is 16.4. The first-order valence-electron chi connectivity index (χ1n) is 7.12. The van der Waals surface area contributed by atoms with Gasteiger partial charge in [0.25, 0.3) is 5.91 Å². The van der Waals surface area contributed by atoms with E-state index in [-0.39, 0.29) is 5.91 Å². The normalized spacial score (nSPS) is 11.9. The van der Waals surface area contributed by atoms with Gasteiger partial charge >= 0.3 is 0 Å². The van der Waals surface area contributed by atoms with Gasteiger partial charge in [0.05, 0.1) is 19.9 Å². The molecule has 1 aromatic heterocycles. The van der Waals surface area contributed by atoms with Crippen LogP contribution in [0.5, 0.6) is 5.75 Å². The highest BCUT2D eigenvalue weighted by atomic mass is 35.5. The molecule has 0 spiro atoms. The van der Waals surface area contributed by atoms with E-state index in [1.807, 2.05) is 25.2 Å². The van der Waals surface area contributed by atoms with E-state index in [2.05, 4.69) is 5.32 Å². The fourth-order valence-corrected chi connectivity index (χ4v) is 2.02. The lowest BCUT2D eigenvalue weighted by molar-refractivity contribution is -0.871. The number of likely N-dealkylation sites (N-methyl/N-ethyl adjacent to an activating group) is 1. The molecule has 2 rings (SSSR count). The summed E-state index contributed by atoms with van der Waals surface area (Å²) in [6.07, 6.45) is 1.59. The van der Waals surface area contributed by atoms with Crippen molar-refractivity contribution in [3.63, 3.8) is 0 Å². The van der Waals surface area contributed by atoms with Crippen molar-refractivity contribution < 1.29 is 18.8 Å². The fourth-order valence-electron chi connectivity index (χ4n) is 1.90. The third kappa shape index (κ3) is 5.79. The van der Waals surface area contributed by atoms with Crippen molar-refractivity contribution in [1.82, 2.24) is 5.32 Å². The summed E-state index contributed by atoms with van der Waals surface area (Å²) in [4.78, 5) is 12.9. The van der Waals surface area contributed by atoms with Gasteiger partial charge in [0.2, 0.25) is 0 Å². The Labute approximate surface area is 134 Å². The molecule has 0 saturated heterocycles. The van der Waals surface area contributed by atoms with Crippen LogP contribution in [-0.2, 0) is 11.3 Å². The maximum atomic E-state index is 11.8. The highest BCUT2D eigenvalue weighted by Crippen LogP contribution is 2.14. The Kier molecular flexibility index (Phi) is 6.30. The number of hydrogen-bond donors (Lipinski definition) is 2. The van der Waals surface area contributed by atoms with Crippen molar-refractivity contribution in [3.8, 4) is 5.75 Å². The maximum absolute atomic E-state index is 11.8. The van der Waals surface area contributed by atoms with E-state index in [0.29, 0.717) is 24.7 Å².